The summed E-state index contributed by atoms with van der Waals surface area (Å²) in [7, 11) is 2.05. The molecule has 0 aliphatic heterocycles. The number of allylic oxidation sites excluding steroid dienone is 4. The minimum atomic E-state index is 0.732. The highest BCUT2D eigenvalue weighted by Gasteiger charge is 2.14. The molecule has 0 aromatic heterocycles. The summed E-state index contributed by atoms with van der Waals surface area (Å²) in [5.41, 5.74) is 4.23. The van der Waals surface area contributed by atoms with E-state index in [1.807, 2.05) is 19.3 Å². The van der Waals surface area contributed by atoms with Gasteiger partial charge in [-0.05, 0) is 30.5 Å². The third-order valence-corrected chi connectivity index (χ3v) is 2.99. The molecule has 0 aromatic carbocycles. The summed E-state index contributed by atoms with van der Waals surface area (Å²) in [6.45, 7) is 12.3. The van der Waals surface area contributed by atoms with Gasteiger partial charge in [-0.25, -0.2) is 0 Å². The van der Waals surface area contributed by atoms with Crippen LogP contribution in [0.15, 0.2) is 48.4 Å². The second-order valence-corrected chi connectivity index (χ2v) is 4.81. The van der Waals surface area contributed by atoms with Crippen LogP contribution in [-0.2, 0) is 0 Å². The predicted molar refractivity (Wildman–Crippen MR) is 72.0 cm³/mol. The van der Waals surface area contributed by atoms with Gasteiger partial charge in [-0.3, -0.25) is 0 Å². The van der Waals surface area contributed by atoms with Gasteiger partial charge in [0.2, 0.25) is 0 Å². The van der Waals surface area contributed by atoms with Crippen LogP contribution in [0.4, 0.5) is 0 Å². The highest BCUT2D eigenvalue weighted by molar-refractivity contribution is 5.35. The molecule has 0 saturated heterocycles. The van der Waals surface area contributed by atoms with Crippen LogP contribution in [0.5, 0.6) is 0 Å². The minimum absolute atomic E-state index is 0.732. The molecule has 1 heteroatoms. The third-order valence-electron chi connectivity index (χ3n) is 2.99. The van der Waals surface area contributed by atoms with Crippen LogP contribution in [0.25, 0.3) is 0 Å². The number of hydrogen-bond donors (Lipinski definition) is 0. The molecule has 0 unspecified atom stereocenters. The summed E-state index contributed by atoms with van der Waals surface area (Å²) in [5.74, 6) is 0.732. The molecule has 0 fully saturated rings. The Hall–Kier alpha value is -1.24. The predicted octanol–water partition coefficient (Wildman–Crippen LogP) is 4.27. The normalized spacial score (nSPS) is 16.1. The zero-order valence-corrected chi connectivity index (χ0v) is 10.8. The van der Waals surface area contributed by atoms with Crippen molar-refractivity contribution in [3.05, 3.63) is 48.4 Å². The van der Waals surface area contributed by atoms with Gasteiger partial charge in [-0.15, -0.1) is 0 Å². The van der Waals surface area contributed by atoms with Crippen LogP contribution in [0, 0.1) is 5.92 Å². The molecule has 0 bridgehead atoms. The maximum absolute atomic E-state index is 3.92. The molecular formula is C15H23N. The van der Waals surface area contributed by atoms with E-state index in [0.717, 1.165) is 18.8 Å². The molecule has 16 heavy (non-hydrogen) atoms. The Morgan fingerprint density at radius 1 is 1.44 bits per heavy atom. The van der Waals surface area contributed by atoms with E-state index in [2.05, 4.69) is 38.0 Å². The van der Waals surface area contributed by atoms with Gasteiger partial charge in [0.15, 0.2) is 0 Å². The fraction of sp³-hybridized carbons (Fsp3) is 0.467. The number of hydrogen-bond acceptors (Lipinski definition) is 1. The molecule has 0 atom stereocenters. The van der Waals surface area contributed by atoms with E-state index in [9.17, 15) is 0 Å². The van der Waals surface area contributed by atoms with Crippen molar-refractivity contribution in [2.24, 2.45) is 5.92 Å². The third kappa shape index (κ3) is 3.13. The first-order chi connectivity index (χ1) is 7.58. The van der Waals surface area contributed by atoms with Crippen molar-refractivity contribution in [3.8, 4) is 0 Å². The van der Waals surface area contributed by atoms with Gasteiger partial charge in [0.05, 0.1) is 0 Å². The second-order valence-electron chi connectivity index (χ2n) is 4.81. The minimum Gasteiger partial charge on any atom is -0.354 e. The van der Waals surface area contributed by atoms with Crippen molar-refractivity contribution in [3.63, 3.8) is 0 Å². The van der Waals surface area contributed by atoms with Crippen LogP contribution in [0.3, 0.4) is 0 Å². The molecule has 0 saturated carbocycles. The first-order valence-corrected chi connectivity index (χ1v) is 5.96. The molecule has 0 spiro atoms. The average Bonchev–Trinajstić information content (AvgIpc) is 2.27. The van der Waals surface area contributed by atoms with Crippen molar-refractivity contribution in [1.82, 2.24) is 4.90 Å². The lowest BCUT2D eigenvalue weighted by Crippen LogP contribution is -2.14. The SMILES string of the molecule is C=CC1=C(N(C)C=C)CC=C(CC(C)C)C1. The maximum atomic E-state index is 3.92. The number of rotatable bonds is 5. The Bertz CT molecular complexity index is 331. The zero-order valence-electron chi connectivity index (χ0n) is 10.8. The highest BCUT2D eigenvalue weighted by atomic mass is 15.1. The van der Waals surface area contributed by atoms with E-state index in [4.69, 9.17) is 0 Å². The Kier molecular flexibility index (Phi) is 4.60. The van der Waals surface area contributed by atoms with Gasteiger partial charge in [0.25, 0.3) is 0 Å². The summed E-state index contributed by atoms with van der Waals surface area (Å²) in [4.78, 5) is 2.10. The van der Waals surface area contributed by atoms with Crippen molar-refractivity contribution >= 4 is 0 Å². The van der Waals surface area contributed by atoms with Gasteiger partial charge in [-0.1, -0.05) is 44.7 Å². The molecule has 1 nitrogen and oxygen atoms in total. The fourth-order valence-corrected chi connectivity index (χ4v) is 2.14. The Morgan fingerprint density at radius 2 is 2.12 bits per heavy atom. The molecule has 1 aliphatic carbocycles. The highest BCUT2D eigenvalue weighted by Crippen LogP contribution is 2.30. The molecular weight excluding hydrogens is 194 g/mol. The largest absolute Gasteiger partial charge is 0.354 e. The van der Waals surface area contributed by atoms with Crippen molar-refractivity contribution in [2.75, 3.05) is 7.05 Å². The average molecular weight is 217 g/mol. The lowest BCUT2D eigenvalue weighted by atomic mass is 9.90. The summed E-state index contributed by atoms with van der Waals surface area (Å²) in [5, 5.41) is 0. The van der Waals surface area contributed by atoms with E-state index in [-0.39, 0.29) is 0 Å². The molecule has 0 heterocycles. The van der Waals surface area contributed by atoms with Gasteiger partial charge < -0.3 is 4.90 Å². The van der Waals surface area contributed by atoms with E-state index in [1.165, 1.54) is 17.7 Å². The van der Waals surface area contributed by atoms with Crippen molar-refractivity contribution in [2.45, 2.75) is 33.1 Å². The van der Waals surface area contributed by atoms with E-state index in [1.54, 1.807) is 5.57 Å². The smallest absolute Gasteiger partial charge is 0.0244 e. The quantitative estimate of drug-likeness (QED) is 0.622. The van der Waals surface area contributed by atoms with Crippen LogP contribution < -0.4 is 0 Å². The molecule has 0 N–H and O–H groups in total. The first-order valence-electron chi connectivity index (χ1n) is 5.96. The summed E-state index contributed by atoms with van der Waals surface area (Å²) in [6.07, 6.45) is 9.47. The zero-order chi connectivity index (χ0) is 12.1. The standard InChI is InChI=1S/C15H23N/c1-6-14-11-13(10-12(3)4)8-9-15(14)16(5)7-2/h6-8,12H,1-2,9-11H2,3-5H3. The lowest BCUT2D eigenvalue weighted by molar-refractivity contribution is 0.538. The van der Waals surface area contributed by atoms with Crippen LogP contribution in [0.1, 0.15) is 33.1 Å². The Labute approximate surface area is 99.8 Å². The fourth-order valence-electron chi connectivity index (χ4n) is 2.14. The molecule has 0 radical (unpaired) electrons. The molecule has 1 rings (SSSR count). The van der Waals surface area contributed by atoms with Gasteiger partial charge >= 0.3 is 0 Å². The van der Waals surface area contributed by atoms with Crippen LogP contribution in [-0.4, -0.2) is 11.9 Å². The van der Waals surface area contributed by atoms with E-state index < -0.39 is 0 Å². The van der Waals surface area contributed by atoms with Crippen molar-refractivity contribution in [1.29, 1.82) is 0 Å². The van der Waals surface area contributed by atoms with Gasteiger partial charge in [0, 0.05) is 19.2 Å². The first kappa shape index (κ1) is 12.8. The van der Waals surface area contributed by atoms with Crippen LogP contribution >= 0.6 is 0 Å². The summed E-state index contributed by atoms with van der Waals surface area (Å²) in [6, 6.07) is 0. The van der Waals surface area contributed by atoms with Gasteiger partial charge in [-0.2, -0.15) is 0 Å². The van der Waals surface area contributed by atoms with E-state index in [0.29, 0.717) is 0 Å². The van der Waals surface area contributed by atoms with Crippen LogP contribution in [0.2, 0.25) is 0 Å². The topological polar surface area (TPSA) is 3.24 Å². The lowest BCUT2D eigenvalue weighted by Gasteiger charge is -2.25. The number of nitrogens with zero attached hydrogens (tertiary/aromatic N) is 1. The van der Waals surface area contributed by atoms with E-state index >= 15 is 0 Å². The second kappa shape index (κ2) is 5.74. The molecule has 0 amide bonds. The monoisotopic (exact) mass is 217 g/mol. The van der Waals surface area contributed by atoms with Gasteiger partial charge in [0.1, 0.15) is 0 Å². The Balaban J connectivity index is 2.79. The molecule has 1 aliphatic rings. The molecule has 88 valence electrons. The summed E-state index contributed by atoms with van der Waals surface area (Å²) >= 11 is 0. The Morgan fingerprint density at radius 3 is 2.62 bits per heavy atom. The molecule has 0 aromatic rings. The van der Waals surface area contributed by atoms with Crippen molar-refractivity contribution < 1.29 is 0 Å². The summed E-state index contributed by atoms with van der Waals surface area (Å²) < 4.78 is 0. The maximum Gasteiger partial charge on any atom is 0.0244 e.